The Morgan fingerprint density at radius 3 is 2.88 bits per heavy atom. The van der Waals surface area contributed by atoms with Crippen LogP contribution in [0.5, 0.6) is 0 Å². The van der Waals surface area contributed by atoms with Gasteiger partial charge in [-0.15, -0.1) is 0 Å². The minimum Gasteiger partial charge on any atom is -0.346 e. The van der Waals surface area contributed by atoms with Crippen LogP contribution < -0.4 is 4.90 Å². The van der Waals surface area contributed by atoms with Gasteiger partial charge < -0.3 is 4.90 Å². The maximum atomic E-state index is 11.6. The number of aryl methyl sites for hydroxylation is 1. The highest BCUT2D eigenvalue weighted by Crippen LogP contribution is 2.24. The molecule has 1 saturated heterocycles. The fourth-order valence-corrected chi connectivity index (χ4v) is 3.81. The maximum Gasteiger partial charge on any atom is 0.205 e. The molecule has 96 valence electrons. The molecule has 1 aromatic heterocycles. The topological polar surface area (TPSA) is 63.2 Å². The summed E-state index contributed by atoms with van der Waals surface area (Å²) in [5.74, 6) is 0.839. The molecule has 2 rings (SSSR count). The molecule has 1 aliphatic heterocycles. The van der Waals surface area contributed by atoms with Crippen molar-refractivity contribution >= 4 is 26.5 Å². The molecule has 0 spiro atoms. The highest BCUT2D eigenvalue weighted by Gasteiger charge is 2.28. The lowest BCUT2D eigenvalue weighted by molar-refractivity contribution is 0.535. The number of sulfone groups is 1. The van der Waals surface area contributed by atoms with E-state index >= 15 is 0 Å². The van der Waals surface area contributed by atoms with Crippen molar-refractivity contribution in [3.8, 4) is 0 Å². The summed E-state index contributed by atoms with van der Waals surface area (Å²) in [6, 6.07) is 0. The van der Waals surface area contributed by atoms with Gasteiger partial charge in [0.05, 0.1) is 5.25 Å². The predicted molar refractivity (Wildman–Crippen MR) is 69.4 cm³/mol. The van der Waals surface area contributed by atoms with Crippen LogP contribution in [0.3, 0.4) is 0 Å². The molecule has 17 heavy (non-hydrogen) atoms. The number of nitrogens with zero attached hydrogens (tertiary/aromatic N) is 3. The molecule has 0 radical (unpaired) electrons. The quantitative estimate of drug-likeness (QED) is 0.827. The first-order chi connectivity index (χ1) is 8.00. The molecular formula is C10H17N3O2S2. The zero-order valence-corrected chi connectivity index (χ0v) is 11.7. The summed E-state index contributed by atoms with van der Waals surface area (Å²) in [6.45, 7) is 3.45. The van der Waals surface area contributed by atoms with Crippen LogP contribution in [-0.4, -0.2) is 42.4 Å². The van der Waals surface area contributed by atoms with E-state index in [1.165, 1.54) is 17.8 Å². The van der Waals surface area contributed by atoms with E-state index in [1.54, 1.807) is 0 Å². The lowest BCUT2D eigenvalue weighted by atomic mass is 10.1. The summed E-state index contributed by atoms with van der Waals surface area (Å²) in [7, 11) is -2.95. The molecular weight excluding hydrogens is 258 g/mol. The third kappa shape index (κ3) is 2.95. The second-order valence-electron chi connectivity index (χ2n) is 4.39. The Labute approximate surface area is 106 Å². The molecule has 0 N–H and O–H groups in total. The van der Waals surface area contributed by atoms with Crippen LogP contribution in [0.4, 0.5) is 5.13 Å². The molecule has 1 fully saturated rings. The van der Waals surface area contributed by atoms with Gasteiger partial charge in [0.2, 0.25) is 5.13 Å². The van der Waals surface area contributed by atoms with E-state index in [9.17, 15) is 8.42 Å². The Morgan fingerprint density at radius 1 is 1.53 bits per heavy atom. The minimum absolute atomic E-state index is 0.259. The van der Waals surface area contributed by atoms with Gasteiger partial charge in [-0.1, -0.05) is 6.92 Å². The SMILES string of the molecule is CCc1nsc(N2CCCC(S(C)(=O)=O)C2)n1. The van der Waals surface area contributed by atoms with E-state index in [2.05, 4.69) is 9.36 Å². The van der Waals surface area contributed by atoms with Gasteiger partial charge in [-0.2, -0.15) is 4.37 Å². The first-order valence-electron chi connectivity index (χ1n) is 5.77. The van der Waals surface area contributed by atoms with Gasteiger partial charge in [0.15, 0.2) is 9.84 Å². The highest BCUT2D eigenvalue weighted by molar-refractivity contribution is 7.91. The van der Waals surface area contributed by atoms with Gasteiger partial charge in [0, 0.05) is 37.3 Å². The molecule has 7 heteroatoms. The number of rotatable bonds is 3. The van der Waals surface area contributed by atoms with E-state index in [4.69, 9.17) is 0 Å². The first-order valence-corrected chi connectivity index (χ1v) is 8.50. The van der Waals surface area contributed by atoms with Crippen molar-refractivity contribution in [3.63, 3.8) is 0 Å². The first kappa shape index (κ1) is 12.8. The number of hydrogen-bond donors (Lipinski definition) is 0. The van der Waals surface area contributed by atoms with Crippen LogP contribution in [-0.2, 0) is 16.3 Å². The monoisotopic (exact) mass is 275 g/mol. The highest BCUT2D eigenvalue weighted by atomic mass is 32.2. The zero-order chi connectivity index (χ0) is 12.5. The van der Waals surface area contributed by atoms with Crippen molar-refractivity contribution in [1.82, 2.24) is 9.36 Å². The van der Waals surface area contributed by atoms with Gasteiger partial charge >= 0.3 is 0 Å². The minimum atomic E-state index is -2.95. The Balaban J connectivity index is 2.12. The van der Waals surface area contributed by atoms with Crippen molar-refractivity contribution in [1.29, 1.82) is 0 Å². The van der Waals surface area contributed by atoms with E-state index in [0.29, 0.717) is 6.54 Å². The second-order valence-corrected chi connectivity index (χ2v) is 7.44. The van der Waals surface area contributed by atoms with Crippen LogP contribution in [0.2, 0.25) is 0 Å². The standard InChI is InChI=1S/C10H17N3O2S2/c1-3-9-11-10(16-12-9)13-6-4-5-8(7-13)17(2,14)15/h8H,3-7H2,1-2H3. The summed E-state index contributed by atoms with van der Waals surface area (Å²) < 4.78 is 27.4. The lowest BCUT2D eigenvalue weighted by Crippen LogP contribution is -2.41. The van der Waals surface area contributed by atoms with Crippen LogP contribution >= 0.6 is 11.5 Å². The van der Waals surface area contributed by atoms with Crippen molar-refractivity contribution < 1.29 is 8.42 Å². The van der Waals surface area contributed by atoms with Gasteiger partial charge in [-0.05, 0) is 12.8 Å². The summed E-state index contributed by atoms with van der Waals surface area (Å²) in [5, 5.41) is 0.598. The van der Waals surface area contributed by atoms with Crippen LogP contribution in [0.15, 0.2) is 0 Å². The summed E-state index contributed by atoms with van der Waals surface area (Å²) in [5.41, 5.74) is 0. The Bertz CT molecular complexity index is 483. The van der Waals surface area contributed by atoms with Crippen LogP contribution in [0, 0.1) is 0 Å². The molecule has 1 aliphatic rings. The smallest absolute Gasteiger partial charge is 0.205 e. The molecule has 1 aromatic rings. The Morgan fingerprint density at radius 2 is 2.29 bits per heavy atom. The van der Waals surface area contributed by atoms with Gasteiger partial charge in [-0.25, -0.2) is 13.4 Å². The van der Waals surface area contributed by atoms with Crippen molar-refractivity contribution in [2.75, 3.05) is 24.2 Å². The molecule has 5 nitrogen and oxygen atoms in total. The fraction of sp³-hybridized carbons (Fsp3) is 0.800. The summed E-state index contributed by atoms with van der Waals surface area (Å²) in [6.07, 6.45) is 3.80. The van der Waals surface area contributed by atoms with Crippen LogP contribution in [0.1, 0.15) is 25.6 Å². The van der Waals surface area contributed by atoms with E-state index < -0.39 is 9.84 Å². The molecule has 0 aliphatic carbocycles. The maximum absolute atomic E-state index is 11.6. The molecule has 1 atom stereocenters. The van der Waals surface area contributed by atoms with Crippen molar-refractivity contribution in [3.05, 3.63) is 5.82 Å². The van der Waals surface area contributed by atoms with E-state index in [0.717, 1.165) is 36.8 Å². The third-order valence-electron chi connectivity index (χ3n) is 3.03. The van der Waals surface area contributed by atoms with Crippen LogP contribution in [0.25, 0.3) is 0 Å². The zero-order valence-electron chi connectivity index (χ0n) is 10.1. The van der Waals surface area contributed by atoms with E-state index in [-0.39, 0.29) is 5.25 Å². The normalized spacial score (nSPS) is 21.8. The molecule has 0 saturated carbocycles. The van der Waals surface area contributed by atoms with Gasteiger partial charge in [0.1, 0.15) is 5.82 Å². The average molecular weight is 275 g/mol. The van der Waals surface area contributed by atoms with Gasteiger partial charge in [0.25, 0.3) is 0 Å². The molecule has 1 unspecified atom stereocenters. The number of anilines is 1. The van der Waals surface area contributed by atoms with E-state index in [1.807, 2.05) is 11.8 Å². The third-order valence-corrected chi connectivity index (χ3v) is 5.44. The number of aromatic nitrogens is 2. The lowest BCUT2D eigenvalue weighted by Gasteiger charge is -2.31. The van der Waals surface area contributed by atoms with Crippen molar-refractivity contribution in [2.45, 2.75) is 31.4 Å². The van der Waals surface area contributed by atoms with Gasteiger partial charge in [-0.3, -0.25) is 0 Å². The number of piperidine rings is 1. The molecule has 2 heterocycles. The average Bonchev–Trinajstić information content (AvgIpc) is 2.76. The molecule has 0 aromatic carbocycles. The fourth-order valence-electron chi connectivity index (χ4n) is 1.98. The van der Waals surface area contributed by atoms with Crippen molar-refractivity contribution in [2.24, 2.45) is 0 Å². The Hall–Kier alpha value is -0.690. The second kappa shape index (κ2) is 4.89. The number of hydrogen-bond acceptors (Lipinski definition) is 6. The summed E-state index contributed by atoms with van der Waals surface area (Å²) >= 11 is 1.36. The largest absolute Gasteiger partial charge is 0.346 e. The predicted octanol–water partition coefficient (Wildman–Crippen LogP) is 1.11. The summed E-state index contributed by atoms with van der Waals surface area (Å²) in [4.78, 5) is 6.46. The molecule has 0 bridgehead atoms. The molecule has 0 amide bonds. The Kier molecular flexibility index (Phi) is 3.67.